The van der Waals surface area contributed by atoms with Crippen molar-refractivity contribution in [2.45, 2.75) is 44.0 Å². The van der Waals surface area contributed by atoms with Crippen molar-refractivity contribution in [1.29, 1.82) is 0 Å². The quantitative estimate of drug-likeness (QED) is 0.792. The molecule has 1 aromatic heterocycles. The molecule has 1 aliphatic rings. The first kappa shape index (κ1) is 20.2. The largest absolute Gasteiger partial charge is 0.368 e. The number of aromatic nitrogens is 2. The zero-order valence-electron chi connectivity index (χ0n) is 16.3. The van der Waals surface area contributed by atoms with Crippen molar-refractivity contribution in [2.24, 2.45) is 0 Å². The van der Waals surface area contributed by atoms with E-state index in [1.54, 1.807) is 35.4 Å². The third kappa shape index (κ3) is 4.48. The first-order valence-corrected chi connectivity index (χ1v) is 10.5. The Morgan fingerprint density at radius 1 is 1.25 bits per heavy atom. The minimum atomic E-state index is -3.77. The standard InChI is InChI=1S/C19H25N5O3S/c1-19(2,3)14-4-6-15(7-5-14)28(26,27)22-11-17(25)24-9-8-13-10-21-18(20)23-16(13)12-24/h4-7,10,22H,8-9,11-12H2,1-3H3,(H2,20,21,23). The summed E-state index contributed by atoms with van der Waals surface area (Å²) in [4.78, 5) is 22.3. The number of nitrogens with two attached hydrogens (primary N) is 1. The van der Waals surface area contributed by atoms with Gasteiger partial charge in [-0.25, -0.2) is 23.1 Å². The summed E-state index contributed by atoms with van der Waals surface area (Å²) in [5.41, 5.74) is 8.23. The number of carbonyl (C=O) groups excluding carboxylic acids is 1. The van der Waals surface area contributed by atoms with Gasteiger partial charge in [0.05, 0.1) is 23.7 Å². The number of fused-ring (bicyclic) bond motifs is 1. The molecule has 1 aromatic carbocycles. The van der Waals surface area contributed by atoms with Gasteiger partial charge in [0, 0.05) is 12.7 Å². The summed E-state index contributed by atoms with van der Waals surface area (Å²) in [6, 6.07) is 6.71. The van der Waals surface area contributed by atoms with Crippen molar-refractivity contribution in [3.8, 4) is 0 Å². The SMILES string of the molecule is CC(C)(C)c1ccc(S(=O)(=O)NCC(=O)N2CCc3cnc(N)nc3C2)cc1. The van der Waals surface area contributed by atoms with Crippen molar-refractivity contribution < 1.29 is 13.2 Å². The van der Waals surface area contributed by atoms with E-state index in [0.717, 1.165) is 11.1 Å². The van der Waals surface area contributed by atoms with E-state index < -0.39 is 10.0 Å². The highest BCUT2D eigenvalue weighted by atomic mass is 32.2. The van der Waals surface area contributed by atoms with E-state index >= 15 is 0 Å². The highest BCUT2D eigenvalue weighted by molar-refractivity contribution is 7.89. The molecule has 0 unspecified atom stereocenters. The second kappa shape index (κ2) is 7.48. The molecule has 3 rings (SSSR count). The lowest BCUT2D eigenvalue weighted by Crippen LogP contribution is -2.42. The number of anilines is 1. The Morgan fingerprint density at radius 3 is 2.57 bits per heavy atom. The smallest absolute Gasteiger partial charge is 0.241 e. The number of nitrogen functional groups attached to an aromatic ring is 1. The molecule has 8 nitrogen and oxygen atoms in total. The molecule has 2 heterocycles. The normalized spacial score (nSPS) is 14.6. The number of carbonyl (C=O) groups is 1. The minimum absolute atomic E-state index is 0.0663. The van der Waals surface area contributed by atoms with Crippen molar-refractivity contribution in [3.63, 3.8) is 0 Å². The van der Waals surface area contributed by atoms with E-state index in [4.69, 9.17) is 5.73 Å². The number of hydrogen-bond donors (Lipinski definition) is 2. The van der Waals surface area contributed by atoms with E-state index in [0.29, 0.717) is 25.2 Å². The number of hydrogen-bond acceptors (Lipinski definition) is 6. The van der Waals surface area contributed by atoms with Crippen LogP contribution in [0.25, 0.3) is 0 Å². The number of amides is 1. The second-order valence-corrected chi connectivity index (χ2v) is 9.63. The Bertz CT molecular complexity index is 982. The zero-order chi connectivity index (χ0) is 20.5. The Labute approximate surface area is 165 Å². The summed E-state index contributed by atoms with van der Waals surface area (Å²) in [5, 5.41) is 0. The monoisotopic (exact) mass is 403 g/mol. The molecule has 9 heteroatoms. The Hall–Kier alpha value is -2.52. The van der Waals surface area contributed by atoms with E-state index in [1.165, 1.54) is 0 Å². The number of nitrogens with zero attached hydrogens (tertiary/aromatic N) is 3. The zero-order valence-corrected chi connectivity index (χ0v) is 17.1. The molecule has 0 saturated carbocycles. The fourth-order valence-electron chi connectivity index (χ4n) is 3.02. The van der Waals surface area contributed by atoms with Gasteiger partial charge >= 0.3 is 0 Å². The van der Waals surface area contributed by atoms with Crippen LogP contribution in [0.4, 0.5) is 5.95 Å². The molecule has 150 valence electrons. The lowest BCUT2D eigenvalue weighted by atomic mass is 9.87. The predicted octanol–water partition coefficient (Wildman–Crippen LogP) is 1.22. The Balaban J connectivity index is 1.64. The van der Waals surface area contributed by atoms with Crippen LogP contribution in [0, 0.1) is 0 Å². The van der Waals surface area contributed by atoms with Crippen molar-refractivity contribution in [2.75, 3.05) is 18.8 Å². The molecule has 0 bridgehead atoms. The second-order valence-electron chi connectivity index (χ2n) is 7.86. The van der Waals surface area contributed by atoms with E-state index in [-0.39, 0.29) is 28.7 Å². The van der Waals surface area contributed by atoms with Gasteiger partial charge in [-0.15, -0.1) is 0 Å². The van der Waals surface area contributed by atoms with Gasteiger partial charge in [-0.1, -0.05) is 32.9 Å². The maximum absolute atomic E-state index is 12.5. The molecular weight excluding hydrogens is 378 g/mol. The summed E-state index contributed by atoms with van der Waals surface area (Å²) in [5.74, 6) is -0.148. The lowest BCUT2D eigenvalue weighted by molar-refractivity contribution is -0.130. The van der Waals surface area contributed by atoms with Crippen LogP contribution in [-0.2, 0) is 33.2 Å². The van der Waals surface area contributed by atoms with Gasteiger partial charge in [-0.05, 0) is 35.1 Å². The molecule has 0 spiro atoms. The summed E-state index contributed by atoms with van der Waals surface area (Å²) >= 11 is 0. The molecule has 28 heavy (non-hydrogen) atoms. The van der Waals surface area contributed by atoms with Crippen molar-refractivity contribution in [1.82, 2.24) is 19.6 Å². The molecule has 0 atom stereocenters. The van der Waals surface area contributed by atoms with Gasteiger partial charge in [0.25, 0.3) is 0 Å². The maximum Gasteiger partial charge on any atom is 0.241 e. The van der Waals surface area contributed by atoms with Crippen LogP contribution in [-0.4, -0.2) is 42.3 Å². The summed E-state index contributed by atoms with van der Waals surface area (Å²) in [6.07, 6.45) is 2.28. The average molecular weight is 404 g/mol. The summed E-state index contributed by atoms with van der Waals surface area (Å²) in [7, 11) is -3.77. The van der Waals surface area contributed by atoms with Gasteiger partial charge in [0.1, 0.15) is 0 Å². The molecule has 0 fully saturated rings. The van der Waals surface area contributed by atoms with Crippen LogP contribution >= 0.6 is 0 Å². The van der Waals surface area contributed by atoms with Crippen LogP contribution in [0.15, 0.2) is 35.4 Å². The van der Waals surface area contributed by atoms with Gasteiger partial charge in [0.2, 0.25) is 21.9 Å². The molecule has 3 N–H and O–H groups in total. The Morgan fingerprint density at radius 2 is 1.93 bits per heavy atom. The van der Waals surface area contributed by atoms with Gasteiger partial charge in [-0.2, -0.15) is 0 Å². The van der Waals surface area contributed by atoms with E-state index in [2.05, 4.69) is 35.5 Å². The van der Waals surface area contributed by atoms with E-state index in [1.807, 2.05) is 0 Å². The molecule has 2 aromatic rings. The highest BCUT2D eigenvalue weighted by Gasteiger charge is 2.24. The summed E-state index contributed by atoms with van der Waals surface area (Å²) in [6.45, 7) is 6.65. The first-order chi connectivity index (χ1) is 13.1. The van der Waals surface area contributed by atoms with Crippen LogP contribution in [0.2, 0.25) is 0 Å². The number of rotatable bonds is 4. The lowest BCUT2D eigenvalue weighted by Gasteiger charge is -2.28. The van der Waals surface area contributed by atoms with Gasteiger partial charge in [-0.3, -0.25) is 4.79 Å². The van der Waals surface area contributed by atoms with Crippen LogP contribution in [0.1, 0.15) is 37.6 Å². The van der Waals surface area contributed by atoms with Gasteiger partial charge < -0.3 is 10.6 Å². The average Bonchev–Trinajstić information content (AvgIpc) is 2.65. The number of sulfonamides is 1. The molecular formula is C19H25N5O3S. The van der Waals surface area contributed by atoms with Crippen LogP contribution in [0.3, 0.4) is 0 Å². The molecule has 1 aliphatic heterocycles. The maximum atomic E-state index is 12.5. The highest BCUT2D eigenvalue weighted by Crippen LogP contribution is 2.23. The third-order valence-corrected chi connectivity index (χ3v) is 6.18. The van der Waals surface area contributed by atoms with E-state index in [9.17, 15) is 13.2 Å². The number of nitrogens with one attached hydrogen (secondary N) is 1. The van der Waals surface area contributed by atoms with Gasteiger partial charge in [0.15, 0.2) is 0 Å². The third-order valence-electron chi connectivity index (χ3n) is 4.76. The van der Waals surface area contributed by atoms with Crippen molar-refractivity contribution >= 4 is 21.9 Å². The van der Waals surface area contributed by atoms with Crippen molar-refractivity contribution in [3.05, 3.63) is 47.3 Å². The predicted molar refractivity (Wildman–Crippen MR) is 106 cm³/mol. The number of benzene rings is 1. The molecule has 0 radical (unpaired) electrons. The topological polar surface area (TPSA) is 118 Å². The molecule has 0 aliphatic carbocycles. The minimum Gasteiger partial charge on any atom is -0.368 e. The first-order valence-electron chi connectivity index (χ1n) is 9.04. The Kier molecular flexibility index (Phi) is 5.40. The molecule has 0 saturated heterocycles. The van der Waals surface area contributed by atoms with Crippen LogP contribution < -0.4 is 10.5 Å². The summed E-state index contributed by atoms with van der Waals surface area (Å²) < 4.78 is 27.4. The fourth-order valence-corrected chi connectivity index (χ4v) is 3.99. The van der Waals surface area contributed by atoms with Crippen LogP contribution in [0.5, 0.6) is 0 Å². The fraction of sp³-hybridized carbons (Fsp3) is 0.421. The molecule has 1 amide bonds.